The Morgan fingerprint density at radius 3 is 2.52 bits per heavy atom. The Morgan fingerprint density at radius 1 is 1.21 bits per heavy atom. The van der Waals surface area contributed by atoms with Gasteiger partial charge in [0.15, 0.2) is 11.6 Å². The van der Waals surface area contributed by atoms with E-state index in [9.17, 15) is 29.3 Å². The van der Waals surface area contributed by atoms with Crippen molar-refractivity contribution < 1.29 is 28.8 Å². The summed E-state index contributed by atoms with van der Waals surface area (Å²) >= 11 is 0. The number of hydrogen-bond donors (Lipinski definition) is 3. The average Bonchev–Trinajstić information content (AvgIpc) is 2.79. The van der Waals surface area contributed by atoms with Gasteiger partial charge >= 0.3 is 7.12 Å². The Labute approximate surface area is 192 Å². The summed E-state index contributed by atoms with van der Waals surface area (Å²) in [6, 6.07) is 15.1. The molecule has 8 nitrogen and oxygen atoms in total. The molecule has 172 valence electrons. The third-order valence-corrected chi connectivity index (χ3v) is 4.64. The fraction of sp³-hybridized carbons (Fsp3) is 0.261. The number of hydrogen-bond acceptors (Lipinski definition) is 6. The fourth-order valence-electron chi connectivity index (χ4n) is 2.92. The van der Waals surface area contributed by atoms with Gasteiger partial charge in [0.2, 0.25) is 5.91 Å². The Bertz CT molecular complexity index is 1040. The number of nitriles is 1. The molecule has 33 heavy (non-hydrogen) atoms. The zero-order valence-electron chi connectivity index (χ0n) is 18.4. The molecule has 0 saturated carbocycles. The van der Waals surface area contributed by atoms with Crippen molar-refractivity contribution in [3.63, 3.8) is 0 Å². The van der Waals surface area contributed by atoms with Gasteiger partial charge in [0.1, 0.15) is 11.6 Å². The number of likely N-dealkylation sites (N-methyl/N-ethyl adjacent to an activating group) is 1. The minimum absolute atomic E-state index is 0.00460. The summed E-state index contributed by atoms with van der Waals surface area (Å²) in [5, 5.41) is 30.8. The van der Waals surface area contributed by atoms with Crippen LogP contribution in [0.15, 0.2) is 54.1 Å². The third-order valence-electron chi connectivity index (χ3n) is 4.64. The van der Waals surface area contributed by atoms with E-state index in [1.807, 2.05) is 6.07 Å². The van der Waals surface area contributed by atoms with Crippen molar-refractivity contribution in [2.24, 2.45) is 0 Å². The number of carbonyl (C=O) groups excluding carboxylic acids is 2. The van der Waals surface area contributed by atoms with Crippen molar-refractivity contribution in [1.82, 2.24) is 10.2 Å². The maximum atomic E-state index is 14.7. The molecule has 3 N–H and O–H groups in total. The van der Waals surface area contributed by atoms with Gasteiger partial charge in [-0.2, -0.15) is 5.26 Å². The number of rotatable bonds is 10. The lowest BCUT2D eigenvalue weighted by molar-refractivity contribution is -0.124. The van der Waals surface area contributed by atoms with Crippen LogP contribution >= 0.6 is 0 Å². The van der Waals surface area contributed by atoms with Gasteiger partial charge in [0.05, 0.1) is 19.0 Å². The molecule has 0 spiro atoms. The smallest absolute Gasteiger partial charge is 0.475 e. The van der Waals surface area contributed by atoms with E-state index in [1.165, 1.54) is 37.2 Å². The van der Waals surface area contributed by atoms with Gasteiger partial charge in [-0.15, -0.1) is 0 Å². The molecular formula is C23H25BFN3O5. The summed E-state index contributed by atoms with van der Waals surface area (Å²) in [4.78, 5) is 25.4. The Kier molecular flexibility index (Phi) is 9.60. The first kappa shape index (κ1) is 25.6. The van der Waals surface area contributed by atoms with Crippen LogP contribution in [0, 0.1) is 17.1 Å². The molecule has 2 aromatic rings. The standard InChI is InChI=1S/C23H25BFN3O5/c1-28(2)23(30)18(15-26)14-17-9-6-10-19(22(17)25)33-12-11-21(29)27-20(24(31)32)13-16-7-4-3-5-8-16/h3-10,14,20,31-32H,11-13H2,1-2H3,(H,27,29). The average molecular weight is 453 g/mol. The summed E-state index contributed by atoms with van der Waals surface area (Å²) < 4.78 is 20.1. The lowest BCUT2D eigenvalue weighted by Crippen LogP contribution is -2.48. The Morgan fingerprint density at radius 2 is 1.91 bits per heavy atom. The van der Waals surface area contributed by atoms with Gasteiger partial charge in [-0.25, -0.2) is 4.39 Å². The number of ether oxygens (including phenoxy) is 1. The highest BCUT2D eigenvalue weighted by Crippen LogP contribution is 2.23. The molecule has 2 amide bonds. The molecule has 0 heterocycles. The van der Waals surface area contributed by atoms with Gasteiger partial charge in [-0.3, -0.25) is 9.59 Å². The van der Waals surface area contributed by atoms with E-state index in [4.69, 9.17) is 4.74 Å². The van der Waals surface area contributed by atoms with Crippen LogP contribution in [0.3, 0.4) is 0 Å². The van der Waals surface area contributed by atoms with E-state index >= 15 is 0 Å². The van der Waals surface area contributed by atoms with E-state index < -0.39 is 30.7 Å². The molecule has 2 rings (SSSR count). The van der Waals surface area contributed by atoms with Crippen LogP contribution in [0.4, 0.5) is 4.39 Å². The number of halogens is 1. The summed E-state index contributed by atoms with van der Waals surface area (Å²) in [5.41, 5.74) is 0.584. The van der Waals surface area contributed by atoms with Crippen LogP contribution in [0.5, 0.6) is 5.75 Å². The number of benzene rings is 2. The predicted molar refractivity (Wildman–Crippen MR) is 121 cm³/mol. The molecule has 0 radical (unpaired) electrons. The maximum absolute atomic E-state index is 14.7. The monoisotopic (exact) mass is 453 g/mol. The first-order valence-corrected chi connectivity index (χ1v) is 10.2. The minimum atomic E-state index is -1.75. The van der Waals surface area contributed by atoms with E-state index in [0.717, 1.165) is 11.6 Å². The second-order valence-electron chi connectivity index (χ2n) is 7.40. The molecular weight excluding hydrogens is 428 g/mol. The maximum Gasteiger partial charge on any atom is 0.475 e. The van der Waals surface area contributed by atoms with Crippen molar-refractivity contribution in [2.45, 2.75) is 18.8 Å². The van der Waals surface area contributed by atoms with Crippen molar-refractivity contribution >= 4 is 25.0 Å². The predicted octanol–water partition coefficient (Wildman–Crippen LogP) is 1.33. The van der Waals surface area contributed by atoms with E-state index in [2.05, 4.69) is 5.32 Å². The van der Waals surface area contributed by atoms with Crippen LogP contribution in [-0.4, -0.2) is 60.5 Å². The number of amides is 2. The summed E-state index contributed by atoms with van der Waals surface area (Å²) in [5.74, 6) is -2.89. The zero-order valence-corrected chi connectivity index (χ0v) is 18.4. The molecule has 0 saturated heterocycles. The van der Waals surface area contributed by atoms with Crippen molar-refractivity contribution in [3.8, 4) is 11.8 Å². The fourth-order valence-corrected chi connectivity index (χ4v) is 2.92. The lowest BCUT2D eigenvalue weighted by Gasteiger charge is -2.18. The second-order valence-corrected chi connectivity index (χ2v) is 7.40. The largest absolute Gasteiger partial charge is 0.490 e. The Hall–Kier alpha value is -3.68. The molecule has 2 aromatic carbocycles. The number of carbonyl (C=O) groups is 2. The van der Waals surface area contributed by atoms with Crippen LogP contribution in [0.25, 0.3) is 6.08 Å². The van der Waals surface area contributed by atoms with Gasteiger partial charge in [0, 0.05) is 19.7 Å². The second kappa shape index (κ2) is 12.4. The molecule has 0 fully saturated rings. The summed E-state index contributed by atoms with van der Waals surface area (Å²) in [7, 11) is 1.21. The molecule has 1 unspecified atom stereocenters. The first-order valence-electron chi connectivity index (χ1n) is 10.2. The van der Waals surface area contributed by atoms with Crippen LogP contribution in [0.1, 0.15) is 17.5 Å². The topological polar surface area (TPSA) is 123 Å². The first-order chi connectivity index (χ1) is 15.7. The van der Waals surface area contributed by atoms with E-state index in [1.54, 1.807) is 30.3 Å². The molecule has 0 aromatic heterocycles. The summed E-state index contributed by atoms with van der Waals surface area (Å²) in [6.07, 6.45) is 1.20. The lowest BCUT2D eigenvalue weighted by atomic mass is 9.76. The van der Waals surface area contributed by atoms with Gasteiger partial charge < -0.3 is 25.0 Å². The van der Waals surface area contributed by atoms with Crippen LogP contribution in [0.2, 0.25) is 0 Å². The number of nitrogens with one attached hydrogen (secondary N) is 1. The van der Waals surface area contributed by atoms with Crippen molar-refractivity contribution in [2.75, 3.05) is 20.7 Å². The van der Waals surface area contributed by atoms with Gasteiger partial charge in [0.25, 0.3) is 5.91 Å². The molecule has 10 heteroatoms. The van der Waals surface area contributed by atoms with Crippen molar-refractivity contribution in [3.05, 3.63) is 71.0 Å². The normalized spacial score (nSPS) is 11.8. The SMILES string of the molecule is CN(C)C(=O)C(C#N)=Cc1cccc(OCCC(=O)NC(Cc2ccccc2)B(O)O)c1F. The highest BCUT2D eigenvalue weighted by atomic mass is 19.1. The molecule has 0 aliphatic heterocycles. The molecule has 0 aliphatic carbocycles. The quantitative estimate of drug-likeness (QED) is 0.284. The van der Waals surface area contributed by atoms with E-state index in [-0.39, 0.29) is 36.3 Å². The van der Waals surface area contributed by atoms with Gasteiger partial charge in [-0.1, -0.05) is 42.5 Å². The minimum Gasteiger partial charge on any atom is -0.490 e. The Balaban J connectivity index is 1.98. The zero-order chi connectivity index (χ0) is 24.4. The summed E-state index contributed by atoms with van der Waals surface area (Å²) in [6.45, 7) is -0.169. The molecule has 0 aliphatic rings. The van der Waals surface area contributed by atoms with Crippen molar-refractivity contribution in [1.29, 1.82) is 5.26 Å². The van der Waals surface area contributed by atoms with Crippen LogP contribution < -0.4 is 10.1 Å². The van der Waals surface area contributed by atoms with Crippen LogP contribution in [-0.2, 0) is 16.0 Å². The third kappa shape index (κ3) is 7.75. The highest BCUT2D eigenvalue weighted by Gasteiger charge is 2.25. The molecule has 0 bridgehead atoms. The van der Waals surface area contributed by atoms with E-state index in [0.29, 0.717) is 0 Å². The highest BCUT2D eigenvalue weighted by molar-refractivity contribution is 6.43. The van der Waals surface area contributed by atoms with Gasteiger partial charge in [-0.05, 0) is 24.1 Å². The molecule has 1 atom stereocenters. The number of nitrogens with zero attached hydrogens (tertiary/aromatic N) is 2.